The van der Waals surface area contributed by atoms with Crippen LogP contribution in [0.5, 0.6) is 0 Å². The molecule has 0 fully saturated rings. The lowest BCUT2D eigenvalue weighted by Gasteiger charge is -2.21. The van der Waals surface area contributed by atoms with E-state index in [4.69, 9.17) is 4.74 Å². The summed E-state index contributed by atoms with van der Waals surface area (Å²) in [5.41, 5.74) is 1.30. The Bertz CT molecular complexity index is 357. The molecule has 2 nitrogen and oxygen atoms in total. The molecular formula is C13H18O2S. The van der Waals surface area contributed by atoms with Crippen LogP contribution in [0.2, 0.25) is 0 Å². The normalized spacial score (nSPS) is 19.4. The van der Waals surface area contributed by atoms with Gasteiger partial charge in [0.25, 0.3) is 0 Å². The van der Waals surface area contributed by atoms with Gasteiger partial charge in [-0.25, -0.2) is 0 Å². The lowest BCUT2D eigenvalue weighted by atomic mass is 9.83. The maximum Gasteiger partial charge on any atom is 0.140 e. The zero-order chi connectivity index (χ0) is 11.4. The summed E-state index contributed by atoms with van der Waals surface area (Å²) in [4.78, 5) is 13.5. The highest BCUT2D eigenvalue weighted by atomic mass is 32.1. The van der Waals surface area contributed by atoms with E-state index in [1.807, 2.05) is 0 Å². The molecule has 1 aromatic heterocycles. The van der Waals surface area contributed by atoms with Crippen molar-refractivity contribution in [3.8, 4) is 0 Å². The van der Waals surface area contributed by atoms with Crippen LogP contribution >= 0.6 is 11.3 Å². The van der Waals surface area contributed by atoms with Crippen LogP contribution in [0, 0.1) is 0 Å². The molecule has 0 spiro atoms. The van der Waals surface area contributed by atoms with E-state index in [1.54, 1.807) is 18.4 Å². The summed E-state index contributed by atoms with van der Waals surface area (Å²) >= 11 is 1.80. The number of ether oxygens (including phenoxy) is 1. The van der Waals surface area contributed by atoms with Crippen LogP contribution in [0.25, 0.3) is 0 Å². The van der Waals surface area contributed by atoms with Gasteiger partial charge in [0.15, 0.2) is 0 Å². The largest absolute Gasteiger partial charge is 0.385 e. The van der Waals surface area contributed by atoms with Crippen molar-refractivity contribution >= 4 is 17.1 Å². The van der Waals surface area contributed by atoms with E-state index >= 15 is 0 Å². The van der Waals surface area contributed by atoms with Gasteiger partial charge < -0.3 is 4.74 Å². The first kappa shape index (κ1) is 11.8. The van der Waals surface area contributed by atoms with Gasteiger partial charge >= 0.3 is 0 Å². The Labute approximate surface area is 101 Å². The number of methoxy groups -OCH3 is 1. The van der Waals surface area contributed by atoms with E-state index in [1.165, 1.54) is 10.4 Å². The molecule has 0 aliphatic heterocycles. The highest BCUT2D eigenvalue weighted by Crippen LogP contribution is 2.36. The summed E-state index contributed by atoms with van der Waals surface area (Å²) in [5.74, 6) is 0.572. The van der Waals surface area contributed by atoms with Gasteiger partial charge in [0.1, 0.15) is 5.78 Å². The smallest absolute Gasteiger partial charge is 0.140 e. The maximum absolute atomic E-state index is 12.1. The molecule has 1 aromatic rings. The first-order valence-electron chi connectivity index (χ1n) is 5.91. The number of aryl methyl sites for hydroxylation is 1. The topological polar surface area (TPSA) is 26.3 Å². The minimum absolute atomic E-state index is 0.173. The number of rotatable bonds is 5. The van der Waals surface area contributed by atoms with Gasteiger partial charge in [0, 0.05) is 30.9 Å². The van der Waals surface area contributed by atoms with Crippen molar-refractivity contribution in [3.05, 3.63) is 21.9 Å². The molecule has 1 aliphatic rings. The molecule has 1 heterocycles. The first-order chi connectivity index (χ1) is 7.83. The molecule has 3 heteroatoms. The second-order valence-corrected chi connectivity index (χ2v) is 5.31. The molecule has 0 bridgehead atoms. The highest BCUT2D eigenvalue weighted by Gasteiger charge is 2.26. The molecule has 0 aromatic carbocycles. The van der Waals surface area contributed by atoms with Crippen LogP contribution in [0.15, 0.2) is 11.4 Å². The van der Waals surface area contributed by atoms with Crippen LogP contribution in [0.1, 0.15) is 42.0 Å². The van der Waals surface area contributed by atoms with Gasteiger partial charge in [-0.1, -0.05) is 0 Å². The second kappa shape index (κ2) is 5.60. The molecule has 0 amide bonds. The lowest BCUT2D eigenvalue weighted by molar-refractivity contribution is -0.121. The number of Topliss-reactive ketones (excluding diaryl/α,β-unsaturated/α-hetero) is 1. The number of thiophene rings is 1. The van der Waals surface area contributed by atoms with E-state index in [2.05, 4.69) is 11.4 Å². The van der Waals surface area contributed by atoms with Gasteiger partial charge in [0.05, 0.1) is 0 Å². The fourth-order valence-corrected chi connectivity index (χ4v) is 3.37. The van der Waals surface area contributed by atoms with Gasteiger partial charge in [-0.2, -0.15) is 0 Å². The van der Waals surface area contributed by atoms with Gasteiger partial charge in [-0.3, -0.25) is 4.79 Å². The minimum atomic E-state index is 0.173. The molecule has 2 rings (SSSR count). The predicted octanol–water partition coefficient (Wildman–Crippen LogP) is 3.16. The Hall–Kier alpha value is -0.670. The summed E-state index contributed by atoms with van der Waals surface area (Å²) in [7, 11) is 1.68. The monoisotopic (exact) mass is 238 g/mol. The van der Waals surface area contributed by atoms with Crippen molar-refractivity contribution in [2.24, 2.45) is 0 Å². The number of hydrogen-bond acceptors (Lipinski definition) is 3. The third-order valence-corrected chi connectivity index (χ3v) is 4.21. The molecular weight excluding hydrogens is 220 g/mol. The number of carbonyl (C=O) groups is 1. The summed E-state index contributed by atoms with van der Waals surface area (Å²) in [6.07, 6.45) is 4.87. The van der Waals surface area contributed by atoms with Gasteiger partial charge in [-0.15, -0.1) is 11.3 Å². The van der Waals surface area contributed by atoms with Crippen LogP contribution in [-0.2, 0) is 16.0 Å². The number of fused-ring (bicyclic) bond motifs is 1. The van der Waals surface area contributed by atoms with Crippen LogP contribution in [-0.4, -0.2) is 19.5 Å². The number of carbonyl (C=O) groups excluding carboxylic acids is 1. The fourth-order valence-electron chi connectivity index (χ4n) is 2.39. The first-order valence-corrected chi connectivity index (χ1v) is 6.79. The SMILES string of the molecule is COCCCC(=O)C1CCCc2sccc21. The standard InChI is InChI=1S/C13H18O2S/c1-15-8-3-5-12(14)10-4-2-6-13-11(10)7-9-16-13/h7,9-10H,2-6,8H2,1H3. The number of hydrogen-bond donors (Lipinski definition) is 0. The molecule has 0 saturated carbocycles. The Morgan fingerprint density at radius 3 is 3.31 bits per heavy atom. The summed E-state index contributed by atoms with van der Waals surface area (Å²) in [6, 6.07) is 2.14. The Morgan fingerprint density at radius 1 is 1.62 bits per heavy atom. The molecule has 0 saturated heterocycles. The van der Waals surface area contributed by atoms with Crippen LogP contribution < -0.4 is 0 Å². The molecule has 88 valence electrons. The van der Waals surface area contributed by atoms with Crippen LogP contribution in [0.3, 0.4) is 0 Å². The molecule has 1 atom stereocenters. The Morgan fingerprint density at radius 2 is 2.50 bits per heavy atom. The van der Waals surface area contributed by atoms with Crippen molar-refractivity contribution in [2.45, 2.75) is 38.0 Å². The summed E-state index contributed by atoms with van der Waals surface area (Å²) in [6.45, 7) is 0.689. The number of ketones is 1. The predicted molar refractivity (Wildman–Crippen MR) is 66.1 cm³/mol. The average Bonchev–Trinajstić information content (AvgIpc) is 2.76. The van der Waals surface area contributed by atoms with Gasteiger partial charge in [-0.05, 0) is 42.7 Å². The lowest BCUT2D eigenvalue weighted by Crippen LogP contribution is -2.17. The average molecular weight is 238 g/mol. The summed E-state index contributed by atoms with van der Waals surface area (Å²) < 4.78 is 4.98. The van der Waals surface area contributed by atoms with Crippen LogP contribution in [0.4, 0.5) is 0 Å². The van der Waals surface area contributed by atoms with E-state index in [0.29, 0.717) is 18.8 Å². The molecule has 16 heavy (non-hydrogen) atoms. The summed E-state index contributed by atoms with van der Waals surface area (Å²) in [5, 5.41) is 2.12. The Kier molecular flexibility index (Phi) is 4.13. The molecule has 1 aliphatic carbocycles. The Balaban J connectivity index is 1.98. The maximum atomic E-state index is 12.1. The quantitative estimate of drug-likeness (QED) is 0.737. The van der Waals surface area contributed by atoms with Crippen molar-refractivity contribution < 1.29 is 9.53 Å². The van der Waals surface area contributed by atoms with E-state index in [9.17, 15) is 4.79 Å². The highest BCUT2D eigenvalue weighted by molar-refractivity contribution is 7.10. The zero-order valence-corrected chi connectivity index (χ0v) is 10.5. The zero-order valence-electron chi connectivity index (χ0n) is 9.70. The second-order valence-electron chi connectivity index (χ2n) is 4.31. The van der Waals surface area contributed by atoms with Crippen molar-refractivity contribution in [1.82, 2.24) is 0 Å². The van der Waals surface area contributed by atoms with Gasteiger partial charge in [0.2, 0.25) is 0 Å². The van der Waals surface area contributed by atoms with E-state index in [0.717, 1.165) is 25.7 Å². The molecule has 0 radical (unpaired) electrons. The fraction of sp³-hybridized carbons (Fsp3) is 0.615. The third kappa shape index (κ3) is 2.53. The van der Waals surface area contributed by atoms with Crippen molar-refractivity contribution in [1.29, 1.82) is 0 Å². The molecule has 1 unspecified atom stereocenters. The van der Waals surface area contributed by atoms with Crippen molar-refractivity contribution in [3.63, 3.8) is 0 Å². The third-order valence-electron chi connectivity index (χ3n) is 3.21. The minimum Gasteiger partial charge on any atom is -0.385 e. The molecule has 0 N–H and O–H groups in total. The van der Waals surface area contributed by atoms with E-state index < -0.39 is 0 Å². The van der Waals surface area contributed by atoms with E-state index in [-0.39, 0.29) is 5.92 Å². The van der Waals surface area contributed by atoms with Crippen molar-refractivity contribution in [2.75, 3.05) is 13.7 Å².